The average Bonchev–Trinajstić information content (AvgIpc) is 3.20. The summed E-state index contributed by atoms with van der Waals surface area (Å²) in [6.45, 7) is 8.23. The van der Waals surface area contributed by atoms with Gasteiger partial charge in [-0.3, -0.25) is 19.2 Å². The molecule has 0 bridgehead atoms. The summed E-state index contributed by atoms with van der Waals surface area (Å²) in [7, 11) is 0. The number of carbonyl (C=O) groups is 4. The highest BCUT2D eigenvalue weighted by Crippen LogP contribution is 2.16. The van der Waals surface area contributed by atoms with Crippen LogP contribution in [0.15, 0.2) is 48.6 Å². The van der Waals surface area contributed by atoms with Crippen molar-refractivity contribution in [2.45, 2.75) is 220 Å². The first-order valence-corrected chi connectivity index (χ1v) is 23.0. The summed E-state index contributed by atoms with van der Waals surface area (Å²) in [6, 6.07) is 0. The van der Waals surface area contributed by atoms with Gasteiger partial charge < -0.3 is 14.2 Å². The molecular weight excluding hydrogens is 701 g/mol. The molecule has 0 aromatic heterocycles. The van der Waals surface area contributed by atoms with Crippen molar-refractivity contribution in [2.24, 2.45) is 5.92 Å². The lowest BCUT2D eigenvalue weighted by atomic mass is 9.95. The molecule has 7 nitrogen and oxygen atoms in total. The van der Waals surface area contributed by atoms with Gasteiger partial charge in [-0.2, -0.15) is 0 Å². The molecule has 0 spiro atoms. The van der Waals surface area contributed by atoms with E-state index in [1.165, 1.54) is 51.4 Å². The van der Waals surface area contributed by atoms with Crippen LogP contribution < -0.4 is 0 Å². The lowest BCUT2D eigenvalue weighted by Gasteiger charge is -2.18. The molecule has 0 rings (SSSR count). The van der Waals surface area contributed by atoms with Crippen LogP contribution in [-0.2, 0) is 33.4 Å². The predicted octanol–water partition coefficient (Wildman–Crippen LogP) is 13.8. The van der Waals surface area contributed by atoms with Gasteiger partial charge in [-0.15, -0.1) is 0 Å². The molecule has 0 N–H and O–H groups in total. The van der Waals surface area contributed by atoms with E-state index in [-0.39, 0.29) is 43.8 Å². The molecule has 0 atom stereocenters. The van der Waals surface area contributed by atoms with Crippen LogP contribution >= 0.6 is 0 Å². The molecule has 0 saturated carbocycles. The fraction of sp³-hybridized carbons (Fsp3) is 0.755. The Hall–Kier alpha value is -2.96. The van der Waals surface area contributed by atoms with Gasteiger partial charge in [0.05, 0.1) is 6.42 Å². The largest absolute Gasteiger partial charge is 0.462 e. The van der Waals surface area contributed by atoms with Crippen LogP contribution in [0.3, 0.4) is 0 Å². The molecule has 0 fully saturated rings. The van der Waals surface area contributed by atoms with E-state index in [9.17, 15) is 19.2 Å². The lowest BCUT2D eigenvalue weighted by molar-refractivity contribution is -0.167. The molecule has 0 aromatic carbocycles. The zero-order valence-electron chi connectivity index (χ0n) is 36.6. The van der Waals surface area contributed by atoms with E-state index in [1.807, 2.05) is 0 Å². The fourth-order valence-electron chi connectivity index (χ4n) is 6.28. The molecule has 0 aliphatic carbocycles. The van der Waals surface area contributed by atoms with Crippen LogP contribution in [0.4, 0.5) is 0 Å². The second-order valence-electron chi connectivity index (χ2n) is 15.4. The van der Waals surface area contributed by atoms with E-state index in [0.717, 1.165) is 103 Å². The summed E-state index contributed by atoms with van der Waals surface area (Å²) in [5.74, 6) is -0.895. The molecule has 0 aliphatic heterocycles. The summed E-state index contributed by atoms with van der Waals surface area (Å²) >= 11 is 0. The maximum atomic E-state index is 12.7. The van der Waals surface area contributed by atoms with Crippen LogP contribution in [0.25, 0.3) is 0 Å². The Morgan fingerprint density at radius 1 is 0.429 bits per heavy atom. The smallest absolute Gasteiger partial charge is 0.306 e. The number of Topliss-reactive ketones (excluding diaryl/α,β-unsaturated/α-hetero) is 1. The Kier molecular flexibility index (Phi) is 39.5. The minimum absolute atomic E-state index is 0.0415. The normalized spacial score (nSPS) is 12.0. The number of hydrogen-bond donors (Lipinski definition) is 0. The highest BCUT2D eigenvalue weighted by atomic mass is 16.6. The number of carbonyl (C=O) groups excluding carboxylic acids is 4. The van der Waals surface area contributed by atoms with E-state index in [1.54, 1.807) is 0 Å². The Labute approximate surface area is 343 Å². The quantitative estimate of drug-likeness (QED) is 0.0264. The number of ether oxygens (including phenoxy) is 3. The standard InChI is InChI=1S/C49H84O7/c1-5-9-11-13-15-17-19-21-23-25-27-29-31-33-35-37-47(51)54-42-46(56-49(53)40-39-45(50)41-44(7-3)8-4)43-55-48(52)38-36-34-32-30-28-26-24-22-20-18-16-14-12-10-6-2/h15-18,21-24,44,46H,5-14,19-20,25-43H2,1-4H3/b17-15-,18-16-,23-21-,24-22-. The molecular formula is C49H84O7. The monoisotopic (exact) mass is 785 g/mol. The fourth-order valence-corrected chi connectivity index (χ4v) is 6.28. The van der Waals surface area contributed by atoms with Crippen LogP contribution in [0.1, 0.15) is 214 Å². The number of unbranched alkanes of at least 4 members (excludes halogenated alkanes) is 16. The van der Waals surface area contributed by atoms with E-state index < -0.39 is 12.1 Å². The van der Waals surface area contributed by atoms with Gasteiger partial charge in [-0.05, 0) is 83.0 Å². The second-order valence-corrected chi connectivity index (χ2v) is 15.4. The molecule has 0 unspecified atom stereocenters. The molecule has 0 saturated heterocycles. The van der Waals surface area contributed by atoms with E-state index in [4.69, 9.17) is 14.2 Å². The Balaban J connectivity index is 4.45. The van der Waals surface area contributed by atoms with Gasteiger partial charge in [-0.25, -0.2) is 0 Å². The van der Waals surface area contributed by atoms with Gasteiger partial charge in [0.2, 0.25) is 0 Å². The Bertz CT molecular complexity index is 1010. The van der Waals surface area contributed by atoms with Crippen molar-refractivity contribution in [1.29, 1.82) is 0 Å². The van der Waals surface area contributed by atoms with Crippen LogP contribution in [0, 0.1) is 5.92 Å². The summed E-state index contributed by atoms with van der Waals surface area (Å²) in [6.07, 6.45) is 44.4. The van der Waals surface area contributed by atoms with Gasteiger partial charge in [-0.1, -0.05) is 153 Å². The van der Waals surface area contributed by atoms with E-state index >= 15 is 0 Å². The van der Waals surface area contributed by atoms with E-state index in [0.29, 0.717) is 25.2 Å². The Morgan fingerprint density at radius 2 is 0.821 bits per heavy atom. The molecule has 0 aliphatic rings. The van der Waals surface area contributed by atoms with Crippen molar-refractivity contribution in [2.75, 3.05) is 13.2 Å². The third kappa shape index (κ3) is 37.9. The van der Waals surface area contributed by atoms with Gasteiger partial charge in [0.25, 0.3) is 0 Å². The van der Waals surface area contributed by atoms with Crippen LogP contribution in [0.5, 0.6) is 0 Å². The molecule has 322 valence electrons. The maximum absolute atomic E-state index is 12.7. The minimum Gasteiger partial charge on any atom is -0.462 e. The third-order valence-electron chi connectivity index (χ3n) is 10.1. The number of esters is 3. The zero-order chi connectivity index (χ0) is 41.2. The number of hydrogen-bond acceptors (Lipinski definition) is 7. The molecule has 0 aromatic rings. The average molecular weight is 785 g/mol. The molecule has 0 amide bonds. The summed E-state index contributed by atoms with van der Waals surface area (Å²) in [5, 5.41) is 0. The first-order valence-electron chi connectivity index (χ1n) is 23.0. The third-order valence-corrected chi connectivity index (χ3v) is 10.1. The molecule has 56 heavy (non-hydrogen) atoms. The number of rotatable bonds is 40. The van der Waals surface area contributed by atoms with E-state index in [2.05, 4.69) is 76.3 Å². The highest BCUT2D eigenvalue weighted by molar-refractivity contribution is 5.83. The van der Waals surface area contributed by atoms with Crippen molar-refractivity contribution < 1.29 is 33.4 Å². The topological polar surface area (TPSA) is 96.0 Å². The van der Waals surface area contributed by atoms with Gasteiger partial charge >= 0.3 is 17.9 Å². The van der Waals surface area contributed by atoms with Gasteiger partial charge in [0, 0.05) is 25.7 Å². The predicted molar refractivity (Wildman–Crippen MR) is 233 cm³/mol. The molecule has 0 radical (unpaired) electrons. The number of ketones is 1. The van der Waals surface area contributed by atoms with Crippen molar-refractivity contribution in [3.8, 4) is 0 Å². The summed E-state index contributed by atoms with van der Waals surface area (Å²) in [5.41, 5.74) is 0. The Morgan fingerprint density at radius 3 is 1.23 bits per heavy atom. The van der Waals surface area contributed by atoms with Crippen LogP contribution in [-0.4, -0.2) is 43.0 Å². The van der Waals surface area contributed by atoms with Crippen molar-refractivity contribution in [3.63, 3.8) is 0 Å². The van der Waals surface area contributed by atoms with Gasteiger partial charge in [0.15, 0.2) is 6.10 Å². The van der Waals surface area contributed by atoms with Crippen molar-refractivity contribution in [1.82, 2.24) is 0 Å². The highest BCUT2D eigenvalue weighted by Gasteiger charge is 2.21. The van der Waals surface area contributed by atoms with Crippen molar-refractivity contribution in [3.05, 3.63) is 48.6 Å². The maximum Gasteiger partial charge on any atom is 0.306 e. The molecule has 7 heteroatoms. The molecule has 0 heterocycles. The second kappa shape index (κ2) is 41.7. The lowest BCUT2D eigenvalue weighted by Crippen LogP contribution is -2.31. The summed E-state index contributed by atoms with van der Waals surface area (Å²) in [4.78, 5) is 50.1. The first kappa shape index (κ1) is 53.0. The number of allylic oxidation sites excluding steroid dienone is 8. The van der Waals surface area contributed by atoms with Crippen LogP contribution in [0.2, 0.25) is 0 Å². The summed E-state index contributed by atoms with van der Waals surface area (Å²) < 4.78 is 16.5. The van der Waals surface area contributed by atoms with Crippen molar-refractivity contribution >= 4 is 23.7 Å². The first-order chi connectivity index (χ1) is 27.4. The minimum atomic E-state index is -0.904. The zero-order valence-corrected chi connectivity index (χ0v) is 36.6. The SMILES string of the molecule is CCCCC/C=C\C/C=C\CCCCCCCC(=O)OCC(COC(=O)CCCCCCC/C=C\C/C=C\CCCCC)OC(=O)CCC(=O)CC(CC)CC. The van der Waals surface area contributed by atoms with Gasteiger partial charge in [0.1, 0.15) is 19.0 Å².